The van der Waals surface area contributed by atoms with Crippen LogP contribution in [0.4, 0.5) is 0 Å². The molecule has 9 aromatic carbocycles. The van der Waals surface area contributed by atoms with Crippen LogP contribution in [0.2, 0.25) is 0 Å². The highest BCUT2D eigenvalue weighted by molar-refractivity contribution is 7.25. The molecule has 0 radical (unpaired) electrons. The highest BCUT2D eigenvalue weighted by Gasteiger charge is 2.24. The minimum atomic E-state index is 1.18. The van der Waals surface area contributed by atoms with E-state index in [9.17, 15) is 0 Å². The van der Waals surface area contributed by atoms with Gasteiger partial charge >= 0.3 is 0 Å². The molecule has 0 saturated heterocycles. The van der Waals surface area contributed by atoms with E-state index in [1.165, 1.54) is 124 Å². The highest BCUT2D eigenvalue weighted by Crippen LogP contribution is 2.46. The summed E-state index contributed by atoms with van der Waals surface area (Å²) >= 11 is 1.87. The first-order valence-electron chi connectivity index (χ1n) is 18.6. The molecule has 54 heavy (non-hydrogen) atoms. The van der Waals surface area contributed by atoms with Crippen molar-refractivity contribution in [3.63, 3.8) is 0 Å². The van der Waals surface area contributed by atoms with E-state index >= 15 is 0 Å². The van der Waals surface area contributed by atoms with E-state index in [-0.39, 0.29) is 0 Å². The zero-order valence-electron chi connectivity index (χ0n) is 28.8. The van der Waals surface area contributed by atoms with Crippen molar-refractivity contribution >= 4 is 130 Å². The van der Waals surface area contributed by atoms with Crippen LogP contribution in [0, 0.1) is 0 Å². The van der Waals surface area contributed by atoms with Crippen LogP contribution in [-0.2, 0) is 0 Å². The van der Waals surface area contributed by atoms with Gasteiger partial charge in [-0.1, -0.05) is 103 Å². The fourth-order valence-electron chi connectivity index (χ4n) is 10.0. The molecule has 3 nitrogen and oxygen atoms in total. The SMILES string of the molecule is c1ccc2cc3c(cc2c1)n1c2ccccc2c2ccc4ccc5c6cc7c8ccccc8n(-c8ccc9sc%10ccccc%10c9c8)c7cc6n3c5c4c21. The molecule has 4 heteroatoms. The highest BCUT2D eigenvalue weighted by atomic mass is 32.1. The Hall–Kier alpha value is -6.88. The second kappa shape index (κ2) is 9.56. The minimum absolute atomic E-state index is 1.18. The van der Waals surface area contributed by atoms with Gasteiger partial charge in [-0.05, 0) is 76.8 Å². The van der Waals surface area contributed by atoms with Crippen LogP contribution < -0.4 is 0 Å². The standard InChI is InChI=1S/C50H27N3S/c1-2-10-30-24-45-44(23-29(30)9-1)52-41-15-7-3-11-32(41)35-20-17-28-18-21-36-38-26-37-33-12-4-6-14-40(33)51(42(37)27-43(38)53(45)50(36)48(28)49(35)52)31-19-22-47-39(25-31)34-13-5-8-16-46(34)54-47/h1-27H. The first-order valence-corrected chi connectivity index (χ1v) is 19.4. The van der Waals surface area contributed by atoms with Crippen molar-refractivity contribution in [3.8, 4) is 5.69 Å². The molecule has 0 amide bonds. The fraction of sp³-hybridized carbons (Fsp3) is 0. The van der Waals surface area contributed by atoms with Crippen molar-refractivity contribution in [3.05, 3.63) is 164 Å². The largest absolute Gasteiger partial charge is 0.309 e. The van der Waals surface area contributed by atoms with E-state index in [2.05, 4.69) is 177 Å². The van der Waals surface area contributed by atoms with Gasteiger partial charge in [0, 0.05) is 63.6 Å². The Morgan fingerprint density at radius 2 is 0.907 bits per heavy atom. The Kier molecular flexibility index (Phi) is 4.91. The van der Waals surface area contributed by atoms with Crippen molar-refractivity contribution in [2.45, 2.75) is 0 Å². The third-order valence-corrected chi connectivity index (χ3v) is 13.4. The van der Waals surface area contributed by atoms with E-state index in [4.69, 9.17) is 0 Å². The van der Waals surface area contributed by atoms with E-state index < -0.39 is 0 Å². The molecule has 0 spiro atoms. The van der Waals surface area contributed by atoms with Crippen molar-refractivity contribution in [2.75, 3.05) is 0 Å². The number of para-hydroxylation sites is 2. The van der Waals surface area contributed by atoms with E-state index in [0.29, 0.717) is 0 Å². The maximum absolute atomic E-state index is 2.59. The number of nitrogens with zero attached hydrogens (tertiary/aromatic N) is 3. The predicted octanol–water partition coefficient (Wildman–Crippen LogP) is 14.0. The Bertz CT molecular complexity index is 3960. The van der Waals surface area contributed by atoms with Gasteiger partial charge in [-0.3, -0.25) is 0 Å². The second-order valence-corrected chi connectivity index (χ2v) is 16.0. The summed E-state index contributed by atoms with van der Waals surface area (Å²) in [6.07, 6.45) is 0. The number of thiophene rings is 1. The Morgan fingerprint density at radius 3 is 1.69 bits per heavy atom. The lowest BCUT2D eigenvalue weighted by Crippen LogP contribution is -1.94. The van der Waals surface area contributed by atoms with Crippen LogP contribution in [0.15, 0.2) is 164 Å². The van der Waals surface area contributed by atoms with Crippen LogP contribution in [0.5, 0.6) is 0 Å². The molecule has 0 aliphatic carbocycles. The second-order valence-electron chi connectivity index (χ2n) is 14.9. The van der Waals surface area contributed by atoms with Gasteiger partial charge in [0.25, 0.3) is 0 Å². The van der Waals surface area contributed by atoms with Crippen molar-refractivity contribution in [1.29, 1.82) is 0 Å². The molecule has 14 rings (SSSR count). The third kappa shape index (κ3) is 3.26. The molecule has 5 aromatic heterocycles. The van der Waals surface area contributed by atoms with Crippen LogP contribution in [-0.4, -0.2) is 13.4 Å². The molecule has 0 aliphatic rings. The van der Waals surface area contributed by atoms with Gasteiger partial charge in [-0.2, -0.15) is 0 Å². The van der Waals surface area contributed by atoms with Gasteiger partial charge in [0.05, 0.1) is 44.1 Å². The molecule has 248 valence electrons. The summed E-state index contributed by atoms with van der Waals surface area (Å²) in [7, 11) is 0. The third-order valence-electron chi connectivity index (χ3n) is 12.3. The molecule has 5 heterocycles. The molecule has 0 bridgehead atoms. The van der Waals surface area contributed by atoms with Crippen molar-refractivity contribution in [2.24, 2.45) is 0 Å². The van der Waals surface area contributed by atoms with Gasteiger partial charge in [0.15, 0.2) is 0 Å². The van der Waals surface area contributed by atoms with Gasteiger partial charge < -0.3 is 13.4 Å². The molecule has 0 unspecified atom stereocenters. The zero-order valence-corrected chi connectivity index (χ0v) is 29.7. The van der Waals surface area contributed by atoms with Crippen molar-refractivity contribution in [1.82, 2.24) is 13.4 Å². The van der Waals surface area contributed by atoms with Crippen LogP contribution in [0.25, 0.3) is 124 Å². The zero-order chi connectivity index (χ0) is 34.8. The Morgan fingerprint density at radius 1 is 0.315 bits per heavy atom. The van der Waals surface area contributed by atoms with Crippen molar-refractivity contribution < 1.29 is 0 Å². The summed E-state index contributed by atoms with van der Waals surface area (Å²) in [4.78, 5) is 0. The maximum atomic E-state index is 2.59. The van der Waals surface area contributed by atoms with Gasteiger partial charge in [-0.25, -0.2) is 0 Å². The quantitative estimate of drug-likeness (QED) is 0.162. The number of aromatic nitrogens is 3. The lowest BCUT2D eigenvalue weighted by molar-refractivity contribution is 1.19. The van der Waals surface area contributed by atoms with Gasteiger partial charge in [-0.15, -0.1) is 11.3 Å². The Balaban J connectivity index is 1.24. The predicted molar refractivity (Wildman–Crippen MR) is 232 cm³/mol. The lowest BCUT2D eigenvalue weighted by atomic mass is 10.0. The van der Waals surface area contributed by atoms with Crippen LogP contribution in [0.3, 0.4) is 0 Å². The van der Waals surface area contributed by atoms with E-state index in [1.807, 2.05) is 11.3 Å². The summed E-state index contributed by atoms with van der Waals surface area (Å²) in [5.74, 6) is 0. The number of fused-ring (bicyclic) bond motifs is 16. The van der Waals surface area contributed by atoms with E-state index in [1.54, 1.807) is 0 Å². The molecular weight excluding hydrogens is 675 g/mol. The molecule has 0 aliphatic heterocycles. The fourth-order valence-corrected chi connectivity index (χ4v) is 11.1. The minimum Gasteiger partial charge on any atom is -0.309 e. The first-order chi connectivity index (χ1) is 26.8. The summed E-state index contributed by atoms with van der Waals surface area (Å²) < 4.78 is 10.3. The number of rotatable bonds is 1. The summed E-state index contributed by atoms with van der Waals surface area (Å²) in [5, 5.41) is 15.4. The molecule has 0 N–H and O–H groups in total. The van der Waals surface area contributed by atoms with E-state index in [0.717, 1.165) is 0 Å². The lowest BCUT2D eigenvalue weighted by Gasteiger charge is -2.09. The number of hydrogen-bond acceptors (Lipinski definition) is 1. The average Bonchev–Trinajstić information content (AvgIpc) is 3.93. The molecule has 0 fully saturated rings. The molecule has 0 saturated carbocycles. The van der Waals surface area contributed by atoms with Crippen LogP contribution >= 0.6 is 11.3 Å². The smallest absolute Gasteiger partial charge is 0.0709 e. The van der Waals surface area contributed by atoms with Gasteiger partial charge in [0.2, 0.25) is 0 Å². The summed E-state index contributed by atoms with van der Waals surface area (Å²) in [6, 6.07) is 61.6. The topological polar surface area (TPSA) is 13.8 Å². The number of benzene rings is 9. The maximum Gasteiger partial charge on any atom is 0.0709 e. The monoisotopic (exact) mass is 701 g/mol. The normalized spacial score (nSPS) is 12.8. The summed E-state index contributed by atoms with van der Waals surface area (Å²) in [6.45, 7) is 0. The first kappa shape index (κ1) is 27.7. The summed E-state index contributed by atoms with van der Waals surface area (Å²) in [5.41, 5.74) is 11.1. The molecule has 0 atom stereocenters. The van der Waals surface area contributed by atoms with Gasteiger partial charge in [0.1, 0.15) is 0 Å². The number of hydrogen-bond donors (Lipinski definition) is 0. The Labute approximate surface area is 311 Å². The van der Waals surface area contributed by atoms with Crippen LogP contribution in [0.1, 0.15) is 0 Å². The average molecular weight is 702 g/mol. The molecular formula is C50H27N3S. The molecule has 14 aromatic rings.